The number of rotatable bonds is 6. The number of methoxy groups -OCH3 is 2. The molecule has 22 heavy (non-hydrogen) atoms. The fourth-order valence-electron chi connectivity index (χ4n) is 1.92. The van der Waals surface area contributed by atoms with E-state index in [-0.39, 0.29) is 18.0 Å². The molecule has 1 aromatic carbocycles. The van der Waals surface area contributed by atoms with Crippen molar-refractivity contribution in [3.8, 4) is 0 Å². The summed E-state index contributed by atoms with van der Waals surface area (Å²) in [6.07, 6.45) is 1.47. The number of hydrogen-bond donors (Lipinski definition) is 0. The smallest absolute Gasteiger partial charge is 0.339 e. The highest BCUT2D eigenvalue weighted by Gasteiger charge is 2.15. The van der Waals surface area contributed by atoms with E-state index in [1.807, 2.05) is 37.3 Å². The van der Waals surface area contributed by atoms with Gasteiger partial charge in [0, 0.05) is 5.71 Å². The molecule has 1 rings (SSSR count). The molecule has 5 heteroatoms. The molecule has 0 aliphatic carbocycles. The Morgan fingerprint density at radius 2 is 1.82 bits per heavy atom. The molecule has 1 atom stereocenters. The topological polar surface area (TPSA) is 65.0 Å². The Bertz CT molecular complexity index is 576. The molecule has 0 radical (unpaired) electrons. The fraction of sp³-hybridized carbons (Fsp3) is 0.353. The van der Waals surface area contributed by atoms with E-state index in [1.54, 1.807) is 6.92 Å². The lowest BCUT2D eigenvalue weighted by molar-refractivity contribution is -0.139. The third-order valence-corrected chi connectivity index (χ3v) is 3.16. The van der Waals surface area contributed by atoms with Crippen molar-refractivity contribution in [3.05, 3.63) is 47.5 Å². The average molecular weight is 303 g/mol. The Hall–Kier alpha value is -2.43. The number of esters is 2. The van der Waals surface area contributed by atoms with Crippen molar-refractivity contribution in [3.63, 3.8) is 0 Å². The minimum atomic E-state index is -0.523. The largest absolute Gasteiger partial charge is 0.469 e. The summed E-state index contributed by atoms with van der Waals surface area (Å²) in [7, 11) is 2.59. The van der Waals surface area contributed by atoms with Crippen molar-refractivity contribution < 1.29 is 19.1 Å². The van der Waals surface area contributed by atoms with Gasteiger partial charge in [0.1, 0.15) is 0 Å². The van der Waals surface area contributed by atoms with Gasteiger partial charge in [-0.05, 0) is 19.4 Å². The first kappa shape index (κ1) is 17.6. The highest BCUT2D eigenvalue weighted by Crippen LogP contribution is 2.18. The van der Waals surface area contributed by atoms with Crippen molar-refractivity contribution in [2.45, 2.75) is 26.3 Å². The summed E-state index contributed by atoms with van der Waals surface area (Å²) in [5.74, 6) is -0.948. The number of carbonyl (C=O) groups excluding carboxylic acids is 2. The predicted octanol–water partition coefficient (Wildman–Crippen LogP) is 2.87. The molecule has 5 nitrogen and oxygen atoms in total. The minimum Gasteiger partial charge on any atom is -0.469 e. The molecule has 1 aromatic rings. The molecule has 0 N–H and O–H groups in total. The molecule has 0 spiro atoms. The maximum absolute atomic E-state index is 11.8. The molecular weight excluding hydrogens is 282 g/mol. The minimum absolute atomic E-state index is 0.00644. The first-order valence-corrected chi connectivity index (χ1v) is 6.94. The number of nitrogens with zero attached hydrogens (tertiary/aromatic N) is 1. The van der Waals surface area contributed by atoms with E-state index in [4.69, 9.17) is 4.74 Å². The van der Waals surface area contributed by atoms with Crippen LogP contribution in [-0.4, -0.2) is 31.9 Å². The van der Waals surface area contributed by atoms with Gasteiger partial charge in [0.05, 0.1) is 32.3 Å². The molecule has 0 aliphatic rings. The number of hydrogen-bond acceptors (Lipinski definition) is 5. The Morgan fingerprint density at radius 3 is 2.36 bits per heavy atom. The van der Waals surface area contributed by atoms with E-state index in [1.165, 1.54) is 20.3 Å². The van der Waals surface area contributed by atoms with Crippen LogP contribution in [0.25, 0.3) is 0 Å². The molecule has 0 aromatic heterocycles. The van der Waals surface area contributed by atoms with Crippen LogP contribution >= 0.6 is 0 Å². The SMILES string of the molecule is COC(=O)CC=C(C(=O)OC)C(C)=N[C@@H](C)c1ccccc1. The van der Waals surface area contributed by atoms with Crippen molar-refractivity contribution in [2.75, 3.05) is 14.2 Å². The lowest BCUT2D eigenvalue weighted by Gasteiger charge is -2.10. The van der Waals surface area contributed by atoms with Crippen LogP contribution in [-0.2, 0) is 19.1 Å². The van der Waals surface area contributed by atoms with E-state index in [0.29, 0.717) is 5.71 Å². The normalized spacial score (nSPS) is 13.5. The van der Waals surface area contributed by atoms with Gasteiger partial charge < -0.3 is 9.47 Å². The van der Waals surface area contributed by atoms with Gasteiger partial charge in [0.25, 0.3) is 0 Å². The molecule has 0 saturated carbocycles. The van der Waals surface area contributed by atoms with Crippen molar-refractivity contribution >= 4 is 17.7 Å². The number of aliphatic imine (C=N–C) groups is 1. The lowest BCUT2D eigenvalue weighted by atomic mass is 10.1. The van der Waals surface area contributed by atoms with Crippen LogP contribution in [0.15, 0.2) is 47.0 Å². The van der Waals surface area contributed by atoms with Crippen molar-refractivity contribution in [2.24, 2.45) is 4.99 Å². The maximum Gasteiger partial charge on any atom is 0.339 e. The molecule has 0 fully saturated rings. The lowest BCUT2D eigenvalue weighted by Crippen LogP contribution is -2.14. The fourth-order valence-corrected chi connectivity index (χ4v) is 1.92. The summed E-state index contributed by atoms with van der Waals surface area (Å²) in [6, 6.07) is 9.64. The second-order valence-corrected chi connectivity index (χ2v) is 4.69. The zero-order chi connectivity index (χ0) is 16.5. The maximum atomic E-state index is 11.8. The second-order valence-electron chi connectivity index (χ2n) is 4.69. The van der Waals surface area contributed by atoms with Gasteiger partial charge in [-0.2, -0.15) is 0 Å². The van der Waals surface area contributed by atoms with E-state index in [9.17, 15) is 9.59 Å². The van der Waals surface area contributed by atoms with Crippen molar-refractivity contribution in [1.82, 2.24) is 0 Å². The first-order chi connectivity index (χ1) is 10.5. The van der Waals surface area contributed by atoms with E-state index in [2.05, 4.69) is 9.73 Å². The van der Waals surface area contributed by atoms with E-state index in [0.717, 1.165) is 5.56 Å². The predicted molar refractivity (Wildman–Crippen MR) is 84.7 cm³/mol. The van der Waals surface area contributed by atoms with Crippen LogP contribution in [0.5, 0.6) is 0 Å². The molecule has 0 saturated heterocycles. The van der Waals surface area contributed by atoms with Gasteiger partial charge >= 0.3 is 11.9 Å². The highest BCUT2D eigenvalue weighted by atomic mass is 16.5. The Labute approximate surface area is 130 Å². The molecule has 0 heterocycles. The molecule has 0 aliphatic heterocycles. The first-order valence-electron chi connectivity index (χ1n) is 6.94. The van der Waals surface area contributed by atoms with Crippen LogP contribution in [0.4, 0.5) is 0 Å². The van der Waals surface area contributed by atoms with Crippen molar-refractivity contribution in [1.29, 1.82) is 0 Å². The summed E-state index contributed by atoms with van der Waals surface area (Å²) in [6.45, 7) is 3.66. The van der Waals surface area contributed by atoms with Gasteiger partial charge in [-0.3, -0.25) is 9.79 Å². The van der Waals surface area contributed by atoms with Gasteiger partial charge in [0.15, 0.2) is 0 Å². The van der Waals surface area contributed by atoms with E-state index >= 15 is 0 Å². The van der Waals surface area contributed by atoms with Crippen LogP contribution in [0.3, 0.4) is 0 Å². The van der Waals surface area contributed by atoms with E-state index < -0.39 is 11.9 Å². The summed E-state index contributed by atoms with van der Waals surface area (Å²) in [5.41, 5.74) is 1.84. The monoisotopic (exact) mass is 303 g/mol. The molecule has 118 valence electrons. The number of benzene rings is 1. The standard InChI is InChI=1S/C17H21NO4/c1-12(14-8-6-5-7-9-14)18-13(2)15(17(20)22-4)10-11-16(19)21-3/h5-10,12H,11H2,1-4H3/t12-/m0/s1. The summed E-state index contributed by atoms with van der Waals surface area (Å²) >= 11 is 0. The summed E-state index contributed by atoms with van der Waals surface area (Å²) < 4.78 is 9.32. The van der Waals surface area contributed by atoms with Crippen LogP contribution in [0, 0.1) is 0 Å². The third-order valence-electron chi connectivity index (χ3n) is 3.16. The molecular formula is C17H21NO4. The number of carbonyl (C=O) groups is 2. The summed E-state index contributed by atoms with van der Waals surface area (Å²) in [4.78, 5) is 27.6. The zero-order valence-electron chi connectivity index (χ0n) is 13.3. The Kier molecular flexibility index (Phi) is 7.02. The van der Waals surface area contributed by atoms with Crippen LogP contribution in [0.2, 0.25) is 0 Å². The van der Waals surface area contributed by atoms with Gasteiger partial charge in [-0.25, -0.2) is 4.79 Å². The molecule has 0 amide bonds. The van der Waals surface area contributed by atoms with Crippen LogP contribution in [0.1, 0.15) is 31.9 Å². The second kappa shape index (κ2) is 8.77. The number of ether oxygens (including phenoxy) is 2. The van der Waals surface area contributed by atoms with Crippen LogP contribution < -0.4 is 0 Å². The average Bonchev–Trinajstić information content (AvgIpc) is 2.55. The Morgan fingerprint density at radius 1 is 1.18 bits per heavy atom. The van der Waals surface area contributed by atoms with Gasteiger partial charge in [-0.15, -0.1) is 0 Å². The quantitative estimate of drug-likeness (QED) is 0.460. The summed E-state index contributed by atoms with van der Waals surface area (Å²) in [5, 5.41) is 0. The zero-order valence-corrected chi connectivity index (χ0v) is 13.3. The molecule has 0 unspecified atom stereocenters. The molecule has 0 bridgehead atoms. The van der Waals surface area contributed by atoms with Gasteiger partial charge in [0.2, 0.25) is 0 Å². The third kappa shape index (κ3) is 5.16. The van der Waals surface area contributed by atoms with Gasteiger partial charge in [-0.1, -0.05) is 36.4 Å². The highest BCUT2D eigenvalue weighted by molar-refractivity contribution is 6.19. The Balaban J connectivity index is 3.00.